The van der Waals surface area contributed by atoms with E-state index in [9.17, 15) is 9.59 Å². The average molecular weight is 297 g/mol. The van der Waals surface area contributed by atoms with E-state index in [0.29, 0.717) is 23.7 Å². The number of aromatic nitrogens is 2. The summed E-state index contributed by atoms with van der Waals surface area (Å²) in [7, 11) is 0. The van der Waals surface area contributed by atoms with E-state index in [1.807, 2.05) is 13.8 Å². The molecule has 2 heterocycles. The molecule has 1 aromatic rings. The molecule has 0 bridgehead atoms. The molecular weight excluding hydrogens is 278 g/mol. The van der Waals surface area contributed by atoms with E-state index in [1.54, 1.807) is 4.90 Å². The summed E-state index contributed by atoms with van der Waals surface area (Å²) in [6, 6.07) is 0. The van der Waals surface area contributed by atoms with Crippen molar-refractivity contribution in [3.63, 3.8) is 0 Å². The van der Waals surface area contributed by atoms with Gasteiger partial charge in [-0.2, -0.15) is 0 Å². The Balaban J connectivity index is 1.88. The summed E-state index contributed by atoms with van der Waals surface area (Å²) in [4.78, 5) is 26.2. The maximum atomic E-state index is 12.1. The molecule has 2 rings (SSSR count). The molecule has 2 amide bonds. The third-order valence-electron chi connectivity index (χ3n) is 3.14. The molecule has 0 spiro atoms. The van der Waals surface area contributed by atoms with Crippen LogP contribution in [0.25, 0.3) is 0 Å². The van der Waals surface area contributed by atoms with Crippen LogP contribution < -0.4 is 10.6 Å². The van der Waals surface area contributed by atoms with E-state index >= 15 is 0 Å². The molecule has 0 aromatic carbocycles. The number of rotatable bonds is 4. The van der Waals surface area contributed by atoms with Gasteiger partial charge in [-0.3, -0.25) is 9.59 Å². The van der Waals surface area contributed by atoms with Crippen LogP contribution in [0.5, 0.6) is 0 Å². The molecular formula is C12H19N5O2S. The highest BCUT2D eigenvalue weighted by molar-refractivity contribution is 7.08. The van der Waals surface area contributed by atoms with Gasteiger partial charge in [0.05, 0.1) is 12.2 Å². The highest BCUT2D eigenvalue weighted by Crippen LogP contribution is 2.19. The number of carbonyl (C=O) groups excluding carboxylic acids is 2. The van der Waals surface area contributed by atoms with Crippen molar-refractivity contribution in [1.29, 1.82) is 0 Å². The summed E-state index contributed by atoms with van der Waals surface area (Å²) in [6.45, 7) is 6.92. The predicted octanol–water partition coefficient (Wildman–Crippen LogP) is -0.177. The Morgan fingerprint density at radius 1 is 1.40 bits per heavy atom. The van der Waals surface area contributed by atoms with E-state index in [4.69, 9.17) is 0 Å². The van der Waals surface area contributed by atoms with Gasteiger partial charge in [0.1, 0.15) is 4.88 Å². The second-order valence-electron chi connectivity index (χ2n) is 4.96. The van der Waals surface area contributed by atoms with Crippen molar-refractivity contribution in [1.82, 2.24) is 25.1 Å². The zero-order chi connectivity index (χ0) is 14.5. The van der Waals surface area contributed by atoms with E-state index in [0.717, 1.165) is 24.6 Å². The Labute approximate surface area is 121 Å². The Morgan fingerprint density at radius 3 is 2.75 bits per heavy atom. The van der Waals surface area contributed by atoms with Crippen LogP contribution in [-0.2, 0) is 4.79 Å². The van der Waals surface area contributed by atoms with Crippen molar-refractivity contribution in [2.75, 3.05) is 32.7 Å². The molecule has 1 saturated heterocycles. The molecule has 1 aliphatic rings. The fourth-order valence-electron chi connectivity index (χ4n) is 2.00. The van der Waals surface area contributed by atoms with Crippen molar-refractivity contribution >= 4 is 23.3 Å². The minimum Gasteiger partial charge on any atom is -0.342 e. The normalized spacial score (nSPS) is 15.4. The Morgan fingerprint density at radius 2 is 2.10 bits per heavy atom. The fraction of sp³-hybridized carbons (Fsp3) is 0.667. The van der Waals surface area contributed by atoms with E-state index < -0.39 is 0 Å². The predicted molar refractivity (Wildman–Crippen MR) is 75.8 cm³/mol. The Hall–Kier alpha value is -1.54. The number of carbonyl (C=O) groups is 2. The van der Waals surface area contributed by atoms with Gasteiger partial charge in [0.25, 0.3) is 5.91 Å². The van der Waals surface area contributed by atoms with Gasteiger partial charge in [-0.05, 0) is 17.5 Å². The highest BCUT2D eigenvalue weighted by atomic mass is 32.1. The fourth-order valence-corrected chi connectivity index (χ4v) is 2.73. The van der Waals surface area contributed by atoms with Crippen LogP contribution in [0.1, 0.15) is 35.1 Å². The van der Waals surface area contributed by atoms with Crippen LogP contribution in [0, 0.1) is 0 Å². The summed E-state index contributed by atoms with van der Waals surface area (Å²) in [6.07, 6.45) is 0. The van der Waals surface area contributed by atoms with Crippen LogP contribution in [0.3, 0.4) is 0 Å². The van der Waals surface area contributed by atoms with Crippen LogP contribution in [-0.4, -0.2) is 59.0 Å². The van der Waals surface area contributed by atoms with Crippen molar-refractivity contribution < 1.29 is 9.59 Å². The SMILES string of the molecule is CC(C)c1nnsc1C(=O)NCC(=O)N1CCNCC1. The maximum absolute atomic E-state index is 12.1. The lowest BCUT2D eigenvalue weighted by atomic mass is 10.1. The van der Waals surface area contributed by atoms with Gasteiger partial charge in [0.15, 0.2) is 0 Å². The Kier molecular flexibility index (Phi) is 5.02. The topological polar surface area (TPSA) is 87.2 Å². The Bertz CT molecular complexity index is 482. The third-order valence-corrected chi connectivity index (χ3v) is 3.88. The summed E-state index contributed by atoms with van der Waals surface area (Å²) in [5.74, 6) is -0.186. The lowest BCUT2D eigenvalue weighted by Crippen LogP contribution is -2.49. The molecule has 1 aliphatic heterocycles. The third kappa shape index (κ3) is 3.51. The largest absolute Gasteiger partial charge is 0.342 e. The van der Waals surface area contributed by atoms with Gasteiger partial charge in [-0.15, -0.1) is 5.10 Å². The minimum atomic E-state index is -0.271. The summed E-state index contributed by atoms with van der Waals surface area (Å²) in [5, 5.41) is 9.80. The molecule has 0 aliphatic carbocycles. The highest BCUT2D eigenvalue weighted by Gasteiger charge is 2.21. The van der Waals surface area contributed by atoms with E-state index in [1.165, 1.54) is 0 Å². The molecule has 7 nitrogen and oxygen atoms in total. The van der Waals surface area contributed by atoms with Gasteiger partial charge >= 0.3 is 0 Å². The first-order valence-electron chi connectivity index (χ1n) is 6.68. The summed E-state index contributed by atoms with van der Waals surface area (Å²) < 4.78 is 3.81. The second-order valence-corrected chi connectivity index (χ2v) is 5.71. The van der Waals surface area contributed by atoms with Gasteiger partial charge in [-0.25, -0.2) is 0 Å². The van der Waals surface area contributed by atoms with Crippen LogP contribution in [0.15, 0.2) is 0 Å². The molecule has 0 atom stereocenters. The second kappa shape index (κ2) is 6.76. The lowest BCUT2D eigenvalue weighted by molar-refractivity contribution is -0.130. The minimum absolute atomic E-state index is 0.0221. The van der Waals surface area contributed by atoms with Crippen molar-refractivity contribution in [3.05, 3.63) is 10.6 Å². The number of piperazine rings is 1. The number of nitrogens with one attached hydrogen (secondary N) is 2. The number of nitrogens with zero attached hydrogens (tertiary/aromatic N) is 3. The first-order valence-corrected chi connectivity index (χ1v) is 7.46. The lowest BCUT2D eigenvalue weighted by Gasteiger charge is -2.27. The first-order chi connectivity index (χ1) is 9.59. The van der Waals surface area contributed by atoms with Crippen LogP contribution in [0.4, 0.5) is 0 Å². The van der Waals surface area contributed by atoms with Crippen LogP contribution >= 0.6 is 11.5 Å². The molecule has 2 N–H and O–H groups in total. The van der Waals surface area contributed by atoms with Crippen molar-refractivity contribution in [3.8, 4) is 0 Å². The molecule has 8 heteroatoms. The number of hydrogen-bond donors (Lipinski definition) is 2. The molecule has 110 valence electrons. The van der Waals surface area contributed by atoms with Crippen molar-refractivity contribution in [2.45, 2.75) is 19.8 Å². The molecule has 1 fully saturated rings. The van der Waals surface area contributed by atoms with Crippen LogP contribution in [0.2, 0.25) is 0 Å². The smallest absolute Gasteiger partial charge is 0.265 e. The molecule has 0 radical (unpaired) electrons. The van der Waals surface area contributed by atoms with E-state index in [-0.39, 0.29) is 24.3 Å². The number of hydrogen-bond acceptors (Lipinski definition) is 6. The maximum Gasteiger partial charge on any atom is 0.265 e. The van der Waals surface area contributed by atoms with Gasteiger partial charge < -0.3 is 15.5 Å². The van der Waals surface area contributed by atoms with Crippen molar-refractivity contribution in [2.24, 2.45) is 0 Å². The first kappa shape index (κ1) is 14.9. The zero-order valence-corrected chi connectivity index (χ0v) is 12.5. The monoisotopic (exact) mass is 297 g/mol. The zero-order valence-electron chi connectivity index (χ0n) is 11.7. The van der Waals surface area contributed by atoms with Gasteiger partial charge in [0.2, 0.25) is 5.91 Å². The average Bonchev–Trinajstić information content (AvgIpc) is 2.95. The van der Waals surface area contributed by atoms with E-state index in [2.05, 4.69) is 20.2 Å². The molecule has 20 heavy (non-hydrogen) atoms. The quantitative estimate of drug-likeness (QED) is 0.805. The summed E-state index contributed by atoms with van der Waals surface area (Å²) >= 11 is 1.07. The van der Waals surface area contributed by atoms with Gasteiger partial charge in [-0.1, -0.05) is 18.3 Å². The molecule has 0 saturated carbocycles. The molecule has 0 unspecified atom stereocenters. The standard InChI is InChI=1S/C12H19N5O2S/c1-8(2)10-11(20-16-15-10)12(19)14-7-9(18)17-5-3-13-4-6-17/h8,13H,3-7H2,1-2H3,(H,14,19). The molecule has 1 aromatic heterocycles. The summed E-state index contributed by atoms with van der Waals surface area (Å²) in [5.41, 5.74) is 0.683. The van der Waals surface area contributed by atoms with Gasteiger partial charge in [0, 0.05) is 26.2 Å². The number of amides is 2.